The average molecular weight is 257 g/mol. The van der Waals surface area contributed by atoms with Crippen molar-refractivity contribution < 1.29 is 15.0 Å². The highest BCUT2D eigenvalue weighted by molar-refractivity contribution is 5.65. The number of aliphatic hydroxyl groups excluding tert-OH is 1. The highest BCUT2D eigenvalue weighted by atomic mass is 16.4. The van der Waals surface area contributed by atoms with Gasteiger partial charge in [-0.15, -0.1) is 0 Å². The molecule has 0 saturated carbocycles. The van der Waals surface area contributed by atoms with E-state index in [9.17, 15) is 15.0 Å². The van der Waals surface area contributed by atoms with Crippen LogP contribution in [0.15, 0.2) is 0 Å². The quantitative estimate of drug-likeness (QED) is 0.817. The van der Waals surface area contributed by atoms with Gasteiger partial charge in [0.2, 0.25) is 0 Å². The number of hydrogen-bond donors (Lipinski definition) is 2. The maximum atomic E-state index is 11.3. The number of hydrogen-bond acceptors (Lipinski definition) is 2. The van der Waals surface area contributed by atoms with Gasteiger partial charge in [0.25, 0.3) is 0 Å². The fraction of sp³-hybridized carbons (Fsp3) is 0.929. The average Bonchev–Trinajstić information content (AvgIpc) is 2.24. The zero-order valence-corrected chi connectivity index (χ0v) is 12.0. The van der Waals surface area contributed by atoms with Gasteiger partial charge in [-0.3, -0.25) is 0 Å². The van der Waals surface area contributed by atoms with E-state index < -0.39 is 6.09 Å². The molecule has 0 bridgehead atoms. The summed E-state index contributed by atoms with van der Waals surface area (Å²) in [6, 6.07) is 0.0859. The third-order valence-electron chi connectivity index (χ3n) is 3.95. The van der Waals surface area contributed by atoms with Gasteiger partial charge in [0.1, 0.15) is 0 Å². The molecular formula is C14H27NO3. The molecular weight excluding hydrogens is 230 g/mol. The van der Waals surface area contributed by atoms with E-state index in [0.29, 0.717) is 12.5 Å². The number of rotatable bonds is 3. The van der Waals surface area contributed by atoms with Crippen molar-refractivity contribution in [3.8, 4) is 0 Å². The third-order valence-corrected chi connectivity index (χ3v) is 3.95. The molecule has 0 aromatic rings. The summed E-state index contributed by atoms with van der Waals surface area (Å²) in [5.41, 5.74) is -0.0259. The molecule has 1 amide bonds. The molecule has 0 aromatic heterocycles. The summed E-state index contributed by atoms with van der Waals surface area (Å²) in [5, 5.41) is 18.6. The molecule has 1 rings (SSSR count). The number of nitrogens with zero attached hydrogens (tertiary/aromatic N) is 1. The Balaban J connectivity index is 2.65. The zero-order chi connectivity index (χ0) is 13.9. The van der Waals surface area contributed by atoms with Crippen LogP contribution in [0.5, 0.6) is 0 Å². The van der Waals surface area contributed by atoms with E-state index in [2.05, 4.69) is 20.8 Å². The van der Waals surface area contributed by atoms with E-state index in [1.807, 2.05) is 6.92 Å². The van der Waals surface area contributed by atoms with Crippen LogP contribution in [-0.2, 0) is 0 Å². The molecule has 0 aromatic carbocycles. The molecule has 4 nitrogen and oxygen atoms in total. The highest BCUT2D eigenvalue weighted by Gasteiger charge is 2.38. The number of piperidine rings is 1. The van der Waals surface area contributed by atoms with Gasteiger partial charge in [-0.25, -0.2) is 4.79 Å². The van der Waals surface area contributed by atoms with Crippen LogP contribution in [0.3, 0.4) is 0 Å². The Labute approximate surface area is 110 Å². The smallest absolute Gasteiger partial charge is 0.407 e. The standard InChI is InChI=1S/C14H27NO3/c1-10(16)5-6-11-7-8-15(13(17)18)12(9-11)14(2,3)4/h10-12,16H,5-9H2,1-4H3,(H,17,18). The van der Waals surface area contributed by atoms with Crippen LogP contribution in [0.1, 0.15) is 53.4 Å². The Hall–Kier alpha value is -0.770. The second kappa shape index (κ2) is 5.91. The third kappa shape index (κ3) is 4.16. The molecule has 0 aliphatic carbocycles. The first-order valence-corrected chi connectivity index (χ1v) is 6.89. The van der Waals surface area contributed by atoms with Gasteiger partial charge < -0.3 is 15.1 Å². The number of carbonyl (C=O) groups is 1. The lowest BCUT2D eigenvalue weighted by atomic mass is 9.76. The molecule has 3 atom stereocenters. The molecule has 106 valence electrons. The molecule has 1 aliphatic rings. The largest absolute Gasteiger partial charge is 0.465 e. The Morgan fingerprint density at radius 2 is 2.06 bits per heavy atom. The molecule has 4 heteroatoms. The molecule has 1 heterocycles. The van der Waals surface area contributed by atoms with Crippen molar-refractivity contribution in [1.82, 2.24) is 4.90 Å². The molecule has 3 unspecified atom stereocenters. The van der Waals surface area contributed by atoms with Crippen LogP contribution in [0, 0.1) is 11.3 Å². The van der Waals surface area contributed by atoms with Crippen LogP contribution in [-0.4, -0.2) is 39.9 Å². The maximum Gasteiger partial charge on any atom is 0.407 e. The van der Waals surface area contributed by atoms with Crippen molar-refractivity contribution in [1.29, 1.82) is 0 Å². The maximum absolute atomic E-state index is 11.3. The van der Waals surface area contributed by atoms with Gasteiger partial charge in [0, 0.05) is 12.6 Å². The van der Waals surface area contributed by atoms with Crippen LogP contribution in [0.25, 0.3) is 0 Å². The predicted octanol–water partition coefficient (Wildman–Crippen LogP) is 2.95. The highest BCUT2D eigenvalue weighted by Crippen LogP contribution is 2.36. The number of amides is 1. The van der Waals surface area contributed by atoms with Crippen molar-refractivity contribution >= 4 is 6.09 Å². The molecule has 1 fully saturated rings. The Bertz CT molecular complexity index is 283. The minimum atomic E-state index is -0.802. The fourth-order valence-corrected chi connectivity index (χ4v) is 2.83. The molecule has 0 radical (unpaired) electrons. The number of aliphatic hydroxyl groups is 1. The van der Waals surface area contributed by atoms with Crippen LogP contribution >= 0.6 is 0 Å². The van der Waals surface area contributed by atoms with Crippen molar-refractivity contribution in [2.75, 3.05) is 6.54 Å². The van der Waals surface area contributed by atoms with Crippen molar-refractivity contribution in [2.45, 2.75) is 65.5 Å². The fourth-order valence-electron chi connectivity index (χ4n) is 2.83. The summed E-state index contributed by atoms with van der Waals surface area (Å²) >= 11 is 0. The first kappa shape index (κ1) is 15.3. The molecule has 1 saturated heterocycles. The predicted molar refractivity (Wildman–Crippen MR) is 71.6 cm³/mol. The van der Waals surface area contributed by atoms with Crippen LogP contribution in [0.4, 0.5) is 4.79 Å². The summed E-state index contributed by atoms with van der Waals surface area (Å²) < 4.78 is 0. The zero-order valence-electron chi connectivity index (χ0n) is 12.0. The SMILES string of the molecule is CC(O)CCC1CCN(C(=O)O)C(C(C)(C)C)C1. The Morgan fingerprint density at radius 3 is 2.50 bits per heavy atom. The Morgan fingerprint density at radius 1 is 1.44 bits per heavy atom. The lowest BCUT2D eigenvalue weighted by Gasteiger charge is -2.44. The van der Waals surface area contributed by atoms with Gasteiger partial charge in [0.15, 0.2) is 0 Å². The first-order valence-electron chi connectivity index (χ1n) is 6.89. The van der Waals surface area contributed by atoms with E-state index in [-0.39, 0.29) is 17.6 Å². The van der Waals surface area contributed by atoms with Crippen molar-refractivity contribution in [3.63, 3.8) is 0 Å². The normalized spacial score (nSPS) is 27.1. The minimum absolute atomic E-state index is 0.0259. The van der Waals surface area contributed by atoms with Crippen LogP contribution < -0.4 is 0 Å². The van der Waals surface area contributed by atoms with Gasteiger partial charge >= 0.3 is 6.09 Å². The lowest BCUT2D eigenvalue weighted by Crippen LogP contribution is -2.51. The first-order chi connectivity index (χ1) is 8.21. The number of carboxylic acid groups (broad SMARTS) is 1. The summed E-state index contributed by atoms with van der Waals surface area (Å²) in [4.78, 5) is 12.9. The second-order valence-corrected chi connectivity index (χ2v) is 6.67. The molecule has 0 spiro atoms. The van der Waals surface area contributed by atoms with Crippen molar-refractivity contribution in [3.05, 3.63) is 0 Å². The summed E-state index contributed by atoms with van der Waals surface area (Å²) in [6.45, 7) is 8.75. The topological polar surface area (TPSA) is 60.8 Å². The van der Waals surface area contributed by atoms with E-state index in [4.69, 9.17) is 0 Å². The summed E-state index contributed by atoms with van der Waals surface area (Å²) in [6.07, 6.45) is 2.60. The monoisotopic (exact) mass is 257 g/mol. The van der Waals surface area contributed by atoms with Gasteiger partial charge in [-0.05, 0) is 43.9 Å². The Kier molecular flexibility index (Phi) is 5.02. The molecule has 2 N–H and O–H groups in total. The van der Waals surface area contributed by atoms with E-state index >= 15 is 0 Å². The summed E-state index contributed by atoms with van der Waals surface area (Å²) in [5.74, 6) is 0.541. The van der Waals surface area contributed by atoms with Crippen molar-refractivity contribution in [2.24, 2.45) is 11.3 Å². The van der Waals surface area contributed by atoms with Gasteiger partial charge in [-0.1, -0.05) is 20.8 Å². The lowest BCUT2D eigenvalue weighted by molar-refractivity contribution is 0.0359. The van der Waals surface area contributed by atoms with E-state index in [1.54, 1.807) is 4.90 Å². The molecule has 18 heavy (non-hydrogen) atoms. The molecule has 1 aliphatic heterocycles. The van der Waals surface area contributed by atoms with E-state index in [1.165, 1.54) is 0 Å². The number of likely N-dealkylation sites (tertiary alicyclic amines) is 1. The van der Waals surface area contributed by atoms with Gasteiger partial charge in [-0.2, -0.15) is 0 Å². The van der Waals surface area contributed by atoms with Gasteiger partial charge in [0.05, 0.1) is 6.10 Å². The minimum Gasteiger partial charge on any atom is -0.465 e. The van der Waals surface area contributed by atoms with E-state index in [0.717, 1.165) is 25.7 Å². The van der Waals surface area contributed by atoms with Crippen LogP contribution in [0.2, 0.25) is 0 Å². The second-order valence-electron chi connectivity index (χ2n) is 6.67. The summed E-state index contributed by atoms with van der Waals surface area (Å²) in [7, 11) is 0.